The Morgan fingerprint density at radius 1 is 1.38 bits per heavy atom. The number of hydrogen-bond donors (Lipinski definition) is 1. The summed E-state index contributed by atoms with van der Waals surface area (Å²) in [6, 6.07) is 9.62. The molecule has 2 rings (SSSR count). The maximum atomic E-state index is 11.7. The van der Waals surface area contributed by atoms with Gasteiger partial charge in [0.25, 0.3) is 0 Å². The summed E-state index contributed by atoms with van der Waals surface area (Å²) in [7, 11) is 1.63. The number of rotatable bonds is 6. The molecule has 110 valence electrons. The second-order valence-electron chi connectivity index (χ2n) is 4.23. The molecule has 21 heavy (non-hydrogen) atoms. The number of thiophene rings is 1. The van der Waals surface area contributed by atoms with Crippen molar-refractivity contribution >= 4 is 35.2 Å². The van der Waals surface area contributed by atoms with Gasteiger partial charge in [0.15, 0.2) is 0 Å². The van der Waals surface area contributed by atoms with Gasteiger partial charge in [0.1, 0.15) is 5.75 Å². The van der Waals surface area contributed by atoms with Crippen LogP contribution in [0, 0.1) is 6.92 Å². The molecule has 1 N–H and O–H groups in total. The van der Waals surface area contributed by atoms with Crippen molar-refractivity contribution in [2.75, 3.05) is 12.9 Å². The van der Waals surface area contributed by atoms with Crippen LogP contribution in [0.5, 0.6) is 5.75 Å². The number of nitrogens with one attached hydrogen (secondary N) is 1. The first-order valence-corrected chi connectivity index (χ1v) is 8.18. The number of ether oxygens (including phenoxy) is 1. The molecular weight excluding hydrogens is 304 g/mol. The van der Waals surface area contributed by atoms with Crippen molar-refractivity contribution in [2.45, 2.75) is 11.8 Å². The predicted molar refractivity (Wildman–Crippen MR) is 88.5 cm³/mol. The van der Waals surface area contributed by atoms with Gasteiger partial charge < -0.3 is 4.74 Å². The number of hydrogen-bond acceptors (Lipinski definition) is 5. The summed E-state index contributed by atoms with van der Waals surface area (Å²) in [5.41, 5.74) is 3.69. The Balaban J connectivity index is 1.76. The van der Waals surface area contributed by atoms with Crippen LogP contribution in [0.25, 0.3) is 0 Å². The third-order valence-corrected chi connectivity index (χ3v) is 4.67. The van der Waals surface area contributed by atoms with Crippen molar-refractivity contribution in [3.8, 4) is 5.75 Å². The first kappa shape index (κ1) is 15.6. The van der Waals surface area contributed by atoms with Crippen molar-refractivity contribution < 1.29 is 9.53 Å². The van der Waals surface area contributed by atoms with Crippen molar-refractivity contribution in [2.24, 2.45) is 5.10 Å². The number of carbonyl (C=O) groups is 1. The van der Waals surface area contributed by atoms with E-state index in [-0.39, 0.29) is 5.91 Å². The zero-order chi connectivity index (χ0) is 15.1. The number of methoxy groups -OCH3 is 1. The topological polar surface area (TPSA) is 50.7 Å². The number of thioether (sulfide) groups is 1. The van der Waals surface area contributed by atoms with Gasteiger partial charge in [-0.25, -0.2) is 5.43 Å². The molecule has 4 nitrogen and oxygen atoms in total. The van der Waals surface area contributed by atoms with E-state index in [1.807, 2.05) is 42.6 Å². The van der Waals surface area contributed by atoms with E-state index in [9.17, 15) is 4.79 Å². The average Bonchev–Trinajstić information content (AvgIpc) is 2.91. The van der Waals surface area contributed by atoms with Crippen LogP contribution < -0.4 is 10.2 Å². The summed E-state index contributed by atoms with van der Waals surface area (Å²) in [6.45, 7) is 2.01. The second kappa shape index (κ2) is 7.85. The highest BCUT2D eigenvalue weighted by atomic mass is 32.2. The molecule has 0 unspecified atom stereocenters. The monoisotopic (exact) mass is 320 g/mol. The molecular formula is C15H16N2O2S2. The molecule has 1 aromatic carbocycles. The maximum Gasteiger partial charge on any atom is 0.250 e. The molecule has 0 aliphatic heterocycles. The molecule has 0 aliphatic rings. The first-order valence-electron chi connectivity index (χ1n) is 6.32. The molecule has 0 saturated carbocycles. The van der Waals surface area contributed by atoms with E-state index < -0.39 is 0 Å². The number of hydrazone groups is 1. The van der Waals surface area contributed by atoms with Crippen LogP contribution in [0.2, 0.25) is 0 Å². The van der Waals surface area contributed by atoms with E-state index in [2.05, 4.69) is 10.5 Å². The lowest BCUT2D eigenvalue weighted by Gasteiger charge is -2.02. The van der Waals surface area contributed by atoms with E-state index in [0.717, 1.165) is 21.1 Å². The highest BCUT2D eigenvalue weighted by Gasteiger charge is 2.02. The molecule has 0 radical (unpaired) electrons. The van der Waals surface area contributed by atoms with Crippen LogP contribution in [0.1, 0.15) is 10.4 Å². The Hall–Kier alpha value is -1.79. The molecule has 1 aromatic heterocycles. The van der Waals surface area contributed by atoms with Gasteiger partial charge in [-0.15, -0.1) is 23.1 Å². The minimum atomic E-state index is -0.124. The molecule has 6 heteroatoms. The van der Waals surface area contributed by atoms with Gasteiger partial charge in [0.05, 0.1) is 19.1 Å². The average molecular weight is 320 g/mol. The van der Waals surface area contributed by atoms with Gasteiger partial charge >= 0.3 is 0 Å². The van der Waals surface area contributed by atoms with Gasteiger partial charge in [-0.05, 0) is 48.2 Å². The summed E-state index contributed by atoms with van der Waals surface area (Å²) >= 11 is 3.06. The summed E-state index contributed by atoms with van der Waals surface area (Å²) < 4.78 is 5.09. The standard InChI is InChI=1S/C15H16N2O2S2/c1-11-7-8-20-14(11)9-16-17-15(18)10-21-13-5-3-12(19-2)4-6-13/h3-9H,10H2,1-2H3,(H,17,18)/b16-9+. The quantitative estimate of drug-likeness (QED) is 0.505. The summed E-state index contributed by atoms with van der Waals surface area (Å²) in [6.07, 6.45) is 1.68. The molecule has 1 heterocycles. The molecule has 0 fully saturated rings. The predicted octanol–water partition coefficient (Wildman–Crippen LogP) is 3.31. The lowest BCUT2D eigenvalue weighted by molar-refractivity contribution is -0.118. The van der Waals surface area contributed by atoms with E-state index in [0.29, 0.717) is 5.75 Å². The van der Waals surface area contributed by atoms with E-state index >= 15 is 0 Å². The van der Waals surface area contributed by atoms with Crippen LogP contribution in [-0.2, 0) is 4.79 Å². The van der Waals surface area contributed by atoms with Gasteiger partial charge in [-0.1, -0.05) is 0 Å². The van der Waals surface area contributed by atoms with Crippen molar-refractivity contribution in [3.05, 3.63) is 46.2 Å². The van der Waals surface area contributed by atoms with Crippen molar-refractivity contribution in [1.29, 1.82) is 0 Å². The molecule has 0 spiro atoms. The Morgan fingerprint density at radius 2 is 2.14 bits per heavy atom. The number of aryl methyl sites for hydroxylation is 1. The Labute approximate surface area is 132 Å². The normalized spacial score (nSPS) is 10.8. The third kappa shape index (κ3) is 4.91. The molecule has 0 bridgehead atoms. The highest BCUT2D eigenvalue weighted by Crippen LogP contribution is 2.20. The molecule has 0 aliphatic carbocycles. The van der Waals surface area contributed by atoms with E-state index in [1.165, 1.54) is 11.8 Å². The number of carbonyl (C=O) groups excluding carboxylic acids is 1. The lowest BCUT2D eigenvalue weighted by Crippen LogP contribution is -2.19. The highest BCUT2D eigenvalue weighted by molar-refractivity contribution is 8.00. The van der Waals surface area contributed by atoms with Crippen molar-refractivity contribution in [1.82, 2.24) is 5.43 Å². The van der Waals surface area contributed by atoms with Crippen LogP contribution >= 0.6 is 23.1 Å². The van der Waals surface area contributed by atoms with Gasteiger partial charge in [-0.2, -0.15) is 5.10 Å². The second-order valence-corrected chi connectivity index (χ2v) is 6.22. The minimum absolute atomic E-state index is 0.124. The first-order chi connectivity index (χ1) is 10.2. The summed E-state index contributed by atoms with van der Waals surface area (Å²) in [4.78, 5) is 13.8. The van der Waals surface area contributed by atoms with Gasteiger partial charge in [0, 0.05) is 9.77 Å². The Kier molecular flexibility index (Phi) is 5.83. The zero-order valence-electron chi connectivity index (χ0n) is 11.8. The fourth-order valence-corrected chi connectivity index (χ4v) is 3.01. The number of benzene rings is 1. The molecule has 2 aromatic rings. The Bertz CT molecular complexity index is 621. The largest absolute Gasteiger partial charge is 0.497 e. The van der Waals surface area contributed by atoms with Crippen LogP contribution in [0.3, 0.4) is 0 Å². The van der Waals surface area contributed by atoms with E-state index in [4.69, 9.17) is 4.74 Å². The van der Waals surface area contributed by atoms with Gasteiger partial charge in [0.2, 0.25) is 5.91 Å². The SMILES string of the molecule is COc1ccc(SCC(=O)N/N=C/c2sccc2C)cc1. The fourth-order valence-electron chi connectivity index (χ4n) is 1.53. The molecule has 0 atom stereocenters. The summed E-state index contributed by atoms with van der Waals surface area (Å²) in [5.74, 6) is 1.01. The van der Waals surface area contributed by atoms with Crippen LogP contribution in [0.4, 0.5) is 0 Å². The molecule has 0 saturated heterocycles. The number of amides is 1. The minimum Gasteiger partial charge on any atom is -0.497 e. The van der Waals surface area contributed by atoms with E-state index in [1.54, 1.807) is 24.7 Å². The van der Waals surface area contributed by atoms with Crippen LogP contribution in [-0.4, -0.2) is 25.0 Å². The summed E-state index contributed by atoms with van der Waals surface area (Å²) in [5, 5.41) is 5.96. The third-order valence-electron chi connectivity index (χ3n) is 2.70. The number of nitrogens with zero attached hydrogens (tertiary/aromatic N) is 1. The van der Waals surface area contributed by atoms with Gasteiger partial charge in [-0.3, -0.25) is 4.79 Å². The Morgan fingerprint density at radius 3 is 2.76 bits per heavy atom. The smallest absolute Gasteiger partial charge is 0.250 e. The zero-order valence-corrected chi connectivity index (χ0v) is 13.5. The van der Waals surface area contributed by atoms with Crippen LogP contribution in [0.15, 0.2) is 45.7 Å². The molecule has 1 amide bonds. The maximum absolute atomic E-state index is 11.7. The fraction of sp³-hybridized carbons (Fsp3) is 0.200. The lowest BCUT2D eigenvalue weighted by atomic mass is 10.3. The van der Waals surface area contributed by atoms with Crippen molar-refractivity contribution in [3.63, 3.8) is 0 Å².